The third-order valence-corrected chi connectivity index (χ3v) is 4.13. The van der Waals surface area contributed by atoms with Crippen molar-refractivity contribution in [2.45, 2.75) is 6.42 Å². The Hall–Kier alpha value is -1.41. The first kappa shape index (κ1) is 14.5. The highest BCUT2D eigenvalue weighted by Crippen LogP contribution is 2.26. The molecule has 0 aliphatic carbocycles. The topological polar surface area (TPSA) is 64.9 Å². The van der Waals surface area contributed by atoms with Crippen LogP contribution in [0, 0.1) is 3.57 Å². The number of nitrogens with zero attached hydrogens (tertiary/aromatic N) is 2. The molecule has 0 amide bonds. The molecule has 3 rings (SSSR count). The number of nitrogens with two attached hydrogens (primary N) is 1. The Labute approximate surface area is 144 Å². The van der Waals surface area contributed by atoms with E-state index in [1.807, 2.05) is 42.5 Å². The zero-order chi connectivity index (χ0) is 14.8. The third kappa shape index (κ3) is 3.44. The molecule has 0 saturated carbocycles. The van der Waals surface area contributed by atoms with E-state index in [9.17, 15) is 0 Å². The maximum absolute atomic E-state index is 5.97. The summed E-state index contributed by atoms with van der Waals surface area (Å²) in [5.74, 6) is 1.09. The van der Waals surface area contributed by atoms with Crippen LogP contribution in [0.25, 0.3) is 11.5 Å². The third-order valence-electron chi connectivity index (χ3n) is 2.97. The Bertz CT molecular complexity index is 788. The van der Waals surface area contributed by atoms with Gasteiger partial charge >= 0.3 is 0 Å². The van der Waals surface area contributed by atoms with Gasteiger partial charge in [-0.2, -0.15) is 4.98 Å². The van der Waals surface area contributed by atoms with Crippen molar-refractivity contribution >= 4 is 44.2 Å². The summed E-state index contributed by atoms with van der Waals surface area (Å²) in [6, 6.07) is 13.8. The Morgan fingerprint density at radius 1 is 1.19 bits per heavy atom. The molecule has 2 N–H and O–H groups in total. The lowest BCUT2D eigenvalue weighted by atomic mass is 10.1. The second kappa shape index (κ2) is 6.15. The molecule has 0 fully saturated rings. The van der Waals surface area contributed by atoms with E-state index in [0.29, 0.717) is 23.8 Å². The smallest absolute Gasteiger partial charge is 0.260 e. The average molecular weight is 456 g/mol. The van der Waals surface area contributed by atoms with E-state index >= 15 is 0 Å². The van der Waals surface area contributed by atoms with E-state index in [1.165, 1.54) is 0 Å². The van der Waals surface area contributed by atoms with Crippen molar-refractivity contribution in [2.24, 2.45) is 0 Å². The lowest BCUT2D eigenvalue weighted by Crippen LogP contribution is -1.93. The van der Waals surface area contributed by atoms with Crippen LogP contribution < -0.4 is 5.73 Å². The Morgan fingerprint density at radius 2 is 2.05 bits per heavy atom. The molecule has 1 heterocycles. The van der Waals surface area contributed by atoms with Crippen molar-refractivity contribution in [1.29, 1.82) is 0 Å². The Balaban J connectivity index is 1.88. The summed E-state index contributed by atoms with van der Waals surface area (Å²) in [5.41, 5.74) is 8.49. The van der Waals surface area contributed by atoms with E-state index in [-0.39, 0.29) is 0 Å². The second-order valence-corrected chi connectivity index (χ2v) is 6.72. The molecule has 21 heavy (non-hydrogen) atoms. The van der Waals surface area contributed by atoms with Crippen LogP contribution in [0.1, 0.15) is 11.4 Å². The summed E-state index contributed by atoms with van der Waals surface area (Å²) in [4.78, 5) is 4.43. The zero-order valence-corrected chi connectivity index (χ0v) is 14.6. The molecular formula is C15H11BrIN3O. The van der Waals surface area contributed by atoms with Gasteiger partial charge in [0.2, 0.25) is 0 Å². The molecule has 0 radical (unpaired) electrons. The van der Waals surface area contributed by atoms with Crippen LogP contribution in [-0.2, 0) is 6.42 Å². The second-order valence-electron chi connectivity index (χ2n) is 4.55. The Kier molecular flexibility index (Phi) is 4.25. The number of benzene rings is 2. The summed E-state index contributed by atoms with van der Waals surface area (Å²) in [6.07, 6.45) is 0.618. The van der Waals surface area contributed by atoms with Crippen molar-refractivity contribution in [3.63, 3.8) is 0 Å². The minimum Gasteiger partial charge on any atom is -0.398 e. The van der Waals surface area contributed by atoms with Crippen molar-refractivity contribution in [1.82, 2.24) is 10.1 Å². The quantitative estimate of drug-likeness (QED) is 0.473. The first-order valence-corrected chi connectivity index (χ1v) is 8.11. The molecule has 0 aliphatic heterocycles. The lowest BCUT2D eigenvalue weighted by Gasteiger charge is -2.00. The van der Waals surface area contributed by atoms with Gasteiger partial charge in [-0.1, -0.05) is 33.2 Å². The molecule has 0 spiro atoms. The number of hydrogen-bond donors (Lipinski definition) is 1. The van der Waals surface area contributed by atoms with Gasteiger partial charge in [0.1, 0.15) is 0 Å². The number of hydrogen-bond acceptors (Lipinski definition) is 4. The van der Waals surface area contributed by atoms with E-state index in [1.54, 1.807) is 0 Å². The van der Waals surface area contributed by atoms with Crippen LogP contribution in [0.4, 0.5) is 5.69 Å². The van der Waals surface area contributed by atoms with E-state index in [2.05, 4.69) is 48.7 Å². The molecule has 6 heteroatoms. The predicted molar refractivity (Wildman–Crippen MR) is 93.8 cm³/mol. The van der Waals surface area contributed by atoms with Crippen LogP contribution in [0.15, 0.2) is 51.5 Å². The Morgan fingerprint density at radius 3 is 2.86 bits per heavy atom. The molecule has 0 saturated heterocycles. The fourth-order valence-corrected chi connectivity index (χ4v) is 2.92. The highest BCUT2D eigenvalue weighted by Gasteiger charge is 2.12. The van der Waals surface area contributed by atoms with Crippen molar-refractivity contribution in [3.8, 4) is 11.5 Å². The summed E-state index contributed by atoms with van der Waals surface area (Å²) in [6.45, 7) is 0. The van der Waals surface area contributed by atoms with Gasteiger partial charge in [0.05, 0.1) is 5.56 Å². The van der Waals surface area contributed by atoms with Gasteiger partial charge < -0.3 is 10.3 Å². The molecule has 3 aromatic rings. The molecule has 0 unspecified atom stereocenters. The fourth-order valence-electron chi connectivity index (χ4n) is 1.98. The molecule has 1 aromatic heterocycles. The maximum Gasteiger partial charge on any atom is 0.260 e. The van der Waals surface area contributed by atoms with E-state index in [4.69, 9.17) is 10.3 Å². The van der Waals surface area contributed by atoms with Gasteiger partial charge in [-0.15, -0.1) is 0 Å². The summed E-state index contributed by atoms with van der Waals surface area (Å²) < 4.78 is 7.44. The average Bonchev–Trinajstić information content (AvgIpc) is 2.90. The van der Waals surface area contributed by atoms with Crippen molar-refractivity contribution in [3.05, 3.63) is 61.9 Å². The maximum atomic E-state index is 5.97. The fraction of sp³-hybridized carbons (Fsp3) is 0.0667. The monoisotopic (exact) mass is 455 g/mol. The largest absolute Gasteiger partial charge is 0.398 e. The minimum atomic E-state index is 0.455. The minimum absolute atomic E-state index is 0.455. The molecule has 0 aliphatic rings. The summed E-state index contributed by atoms with van der Waals surface area (Å²) in [7, 11) is 0. The number of halogens is 2. The molecule has 4 nitrogen and oxygen atoms in total. The summed E-state index contributed by atoms with van der Waals surface area (Å²) in [5, 5.41) is 4.03. The van der Waals surface area contributed by atoms with Gasteiger partial charge in [0, 0.05) is 20.2 Å². The van der Waals surface area contributed by atoms with Crippen LogP contribution in [-0.4, -0.2) is 10.1 Å². The van der Waals surface area contributed by atoms with E-state index < -0.39 is 0 Å². The van der Waals surface area contributed by atoms with Crippen LogP contribution >= 0.6 is 38.5 Å². The van der Waals surface area contributed by atoms with Crippen molar-refractivity contribution in [2.75, 3.05) is 5.73 Å². The molecule has 0 atom stereocenters. The lowest BCUT2D eigenvalue weighted by molar-refractivity contribution is 0.424. The number of rotatable bonds is 3. The molecule has 0 bridgehead atoms. The number of anilines is 1. The molecular weight excluding hydrogens is 445 g/mol. The standard InChI is InChI=1S/C15H11BrIN3O/c16-10-3-1-2-9(6-10)7-14-19-15(21-20-14)12-8-11(17)4-5-13(12)18/h1-6,8H,7,18H2. The van der Waals surface area contributed by atoms with Gasteiger partial charge in [0.25, 0.3) is 5.89 Å². The van der Waals surface area contributed by atoms with E-state index in [0.717, 1.165) is 19.2 Å². The molecule has 2 aromatic carbocycles. The normalized spacial score (nSPS) is 10.8. The number of nitrogen functional groups attached to an aromatic ring is 1. The highest BCUT2D eigenvalue weighted by atomic mass is 127. The van der Waals surface area contributed by atoms with Gasteiger partial charge in [-0.25, -0.2) is 0 Å². The highest BCUT2D eigenvalue weighted by molar-refractivity contribution is 14.1. The predicted octanol–water partition coefficient (Wildman–Crippen LogP) is 4.28. The van der Waals surface area contributed by atoms with Gasteiger partial charge in [0.15, 0.2) is 5.82 Å². The van der Waals surface area contributed by atoms with Gasteiger partial charge in [-0.3, -0.25) is 0 Å². The molecule has 106 valence electrons. The van der Waals surface area contributed by atoms with Crippen LogP contribution in [0.2, 0.25) is 0 Å². The SMILES string of the molecule is Nc1ccc(I)cc1-c1nc(Cc2cccc(Br)c2)no1. The first-order chi connectivity index (χ1) is 10.1. The zero-order valence-electron chi connectivity index (χ0n) is 10.9. The van der Waals surface area contributed by atoms with Gasteiger partial charge in [-0.05, 0) is 58.5 Å². The summed E-state index contributed by atoms with van der Waals surface area (Å²) >= 11 is 5.68. The van der Waals surface area contributed by atoms with Crippen molar-refractivity contribution < 1.29 is 4.52 Å². The first-order valence-electron chi connectivity index (χ1n) is 6.24. The number of aromatic nitrogens is 2. The van der Waals surface area contributed by atoms with Crippen LogP contribution in [0.5, 0.6) is 0 Å². The van der Waals surface area contributed by atoms with Crippen LogP contribution in [0.3, 0.4) is 0 Å².